The summed E-state index contributed by atoms with van der Waals surface area (Å²) >= 11 is 0. The quantitative estimate of drug-likeness (QED) is 0.130. The van der Waals surface area contributed by atoms with Gasteiger partial charge in [0.05, 0.1) is 18.1 Å². The van der Waals surface area contributed by atoms with E-state index in [0.29, 0.717) is 28.1 Å². The Labute approximate surface area is 241 Å². The van der Waals surface area contributed by atoms with Gasteiger partial charge in [0.15, 0.2) is 17.3 Å². The molecule has 7 rings (SSSR count). The molecule has 3 aliphatic rings. The van der Waals surface area contributed by atoms with Crippen LogP contribution >= 0.6 is 0 Å². The van der Waals surface area contributed by atoms with Crippen LogP contribution in [0, 0.1) is 15.5 Å². The summed E-state index contributed by atoms with van der Waals surface area (Å²) in [5.74, 6) is -1.53. The Balaban J connectivity index is 1.54. The average Bonchev–Trinajstić information content (AvgIpc) is 3.47. The van der Waals surface area contributed by atoms with Gasteiger partial charge in [0.2, 0.25) is 0 Å². The van der Waals surface area contributed by atoms with Gasteiger partial charge in [-0.05, 0) is 29.3 Å². The number of nitro benzene ring substituents is 1. The van der Waals surface area contributed by atoms with Crippen LogP contribution in [0.4, 0.5) is 11.4 Å². The molecule has 0 N–H and O–H groups in total. The topological polar surface area (TPSA) is 107 Å². The number of nitrogens with zero attached hydrogens (tertiary/aromatic N) is 2. The minimum Gasteiger partial charge on any atom is -0.497 e. The Morgan fingerprint density at radius 1 is 0.881 bits per heavy atom. The van der Waals surface area contributed by atoms with Gasteiger partial charge in [-0.1, -0.05) is 78.9 Å². The molecule has 0 unspecified atom stereocenters. The van der Waals surface area contributed by atoms with E-state index in [1.165, 1.54) is 31.4 Å². The molecule has 1 spiro atoms. The lowest BCUT2D eigenvalue weighted by Gasteiger charge is -2.37. The lowest BCUT2D eigenvalue weighted by Crippen LogP contribution is -2.48. The summed E-state index contributed by atoms with van der Waals surface area (Å²) in [6.45, 7) is 0. The molecular weight excluding hydrogens is 532 g/mol. The molecule has 0 aromatic heterocycles. The number of anilines is 1. The Morgan fingerprint density at radius 2 is 1.57 bits per heavy atom. The standard InChI is InChI=1S/C34H24N2O6/c1-42-24-12-7-9-21(19-24)29-30(31(37)22-10-6-11-23(18-22)36(40)41)35-27-15-5-2-8-20(27)16-17-28(35)34(29)32(38)25-13-3-4-14-26(25)33(34)39/h2-19,28-30H,1H3/t28-,29+,30-/m0/s1. The van der Waals surface area contributed by atoms with E-state index in [2.05, 4.69) is 0 Å². The highest BCUT2D eigenvalue weighted by atomic mass is 16.6. The SMILES string of the molecule is COc1cccc([C@@H]2[C@@H](C(=O)c3cccc([N+](=O)[O-])c3)N3c4ccccc4C=C[C@H]3C23C(=O)c2ccccc2C3=O)c1. The third-order valence-corrected chi connectivity index (χ3v) is 8.78. The van der Waals surface area contributed by atoms with Crippen molar-refractivity contribution in [3.05, 3.63) is 141 Å². The number of ether oxygens (including phenoxy) is 1. The highest BCUT2D eigenvalue weighted by molar-refractivity contribution is 6.32. The van der Waals surface area contributed by atoms with Gasteiger partial charge in [-0.3, -0.25) is 24.5 Å². The second-order valence-corrected chi connectivity index (χ2v) is 10.7. The van der Waals surface area contributed by atoms with Crippen LogP contribution in [-0.2, 0) is 0 Å². The van der Waals surface area contributed by atoms with Gasteiger partial charge in [0.25, 0.3) is 5.69 Å². The zero-order valence-corrected chi connectivity index (χ0v) is 22.5. The van der Waals surface area contributed by atoms with E-state index in [1.54, 1.807) is 48.5 Å². The maximum absolute atomic E-state index is 14.7. The highest BCUT2D eigenvalue weighted by Gasteiger charge is 2.71. The van der Waals surface area contributed by atoms with Crippen LogP contribution in [0.15, 0.2) is 103 Å². The molecule has 2 heterocycles. The lowest BCUT2D eigenvalue weighted by atomic mass is 9.64. The summed E-state index contributed by atoms with van der Waals surface area (Å²) in [6.07, 6.45) is 3.74. The number of para-hydroxylation sites is 1. The van der Waals surface area contributed by atoms with E-state index < -0.39 is 34.1 Å². The largest absolute Gasteiger partial charge is 0.497 e. The number of non-ortho nitro benzene ring substituents is 1. The monoisotopic (exact) mass is 556 g/mol. The summed E-state index contributed by atoms with van der Waals surface area (Å²) < 4.78 is 5.52. The van der Waals surface area contributed by atoms with Crippen LogP contribution < -0.4 is 9.64 Å². The predicted molar refractivity (Wildman–Crippen MR) is 156 cm³/mol. The normalized spacial score (nSPS) is 21.2. The van der Waals surface area contributed by atoms with Crippen LogP contribution in [0.1, 0.15) is 48.1 Å². The molecule has 0 saturated carbocycles. The Bertz CT molecular complexity index is 1830. The van der Waals surface area contributed by atoms with Crippen molar-refractivity contribution in [2.75, 3.05) is 12.0 Å². The van der Waals surface area contributed by atoms with Gasteiger partial charge >= 0.3 is 0 Å². The number of hydrogen-bond acceptors (Lipinski definition) is 7. The molecular formula is C34H24N2O6. The van der Waals surface area contributed by atoms with Gasteiger partial charge in [0.1, 0.15) is 17.2 Å². The number of fused-ring (bicyclic) bond motifs is 5. The number of carbonyl (C=O) groups is 3. The zero-order valence-electron chi connectivity index (χ0n) is 22.5. The van der Waals surface area contributed by atoms with Gasteiger partial charge in [-0.25, -0.2) is 0 Å². The van der Waals surface area contributed by atoms with E-state index in [1.807, 2.05) is 41.3 Å². The number of methoxy groups -OCH3 is 1. The molecule has 2 aliphatic heterocycles. The Kier molecular flexibility index (Phi) is 5.69. The third-order valence-electron chi connectivity index (χ3n) is 8.78. The van der Waals surface area contributed by atoms with E-state index in [-0.39, 0.29) is 22.8 Å². The predicted octanol–water partition coefficient (Wildman–Crippen LogP) is 5.92. The first-order valence-electron chi connectivity index (χ1n) is 13.5. The van der Waals surface area contributed by atoms with Crippen LogP contribution in [0.5, 0.6) is 5.75 Å². The summed E-state index contributed by atoms with van der Waals surface area (Å²) in [6, 6.07) is 25.2. The number of nitro groups is 1. The summed E-state index contributed by atoms with van der Waals surface area (Å²) in [5, 5.41) is 11.6. The van der Waals surface area contributed by atoms with Gasteiger partial charge in [-0.2, -0.15) is 0 Å². The van der Waals surface area contributed by atoms with Crippen LogP contribution in [-0.4, -0.2) is 41.5 Å². The van der Waals surface area contributed by atoms with Crippen LogP contribution in [0.2, 0.25) is 0 Å². The first-order valence-corrected chi connectivity index (χ1v) is 13.5. The van der Waals surface area contributed by atoms with Crippen molar-refractivity contribution in [1.82, 2.24) is 0 Å². The number of benzene rings is 4. The first kappa shape index (κ1) is 25.6. The van der Waals surface area contributed by atoms with Crippen molar-refractivity contribution in [3.63, 3.8) is 0 Å². The maximum atomic E-state index is 14.7. The molecule has 8 heteroatoms. The molecule has 3 atom stereocenters. The fourth-order valence-electron chi connectivity index (χ4n) is 7.07. The van der Waals surface area contributed by atoms with E-state index in [0.717, 1.165) is 5.56 Å². The molecule has 1 fully saturated rings. The number of carbonyl (C=O) groups excluding carboxylic acids is 3. The van der Waals surface area contributed by atoms with Crippen molar-refractivity contribution in [1.29, 1.82) is 0 Å². The molecule has 4 aromatic carbocycles. The van der Waals surface area contributed by atoms with E-state index >= 15 is 0 Å². The van der Waals surface area contributed by atoms with Crippen LogP contribution in [0.3, 0.4) is 0 Å². The van der Waals surface area contributed by atoms with Crippen LogP contribution in [0.25, 0.3) is 6.08 Å². The molecule has 0 radical (unpaired) electrons. The zero-order chi connectivity index (χ0) is 29.2. The smallest absolute Gasteiger partial charge is 0.270 e. The summed E-state index contributed by atoms with van der Waals surface area (Å²) in [4.78, 5) is 57.0. The molecule has 0 amide bonds. The molecule has 1 saturated heterocycles. The lowest BCUT2D eigenvalue weighted by molar-refractivity contribution is -0.384. The minimum absolute atomic E-state index is 0.125. The highest BCUT2D eigenvalue weighted by Crippen LogP contribution is 2.61. The van der Waals surface area contributed by atoms with Gasteiger partial charge < -0.3 is 9.64 Å². The van der Waals surface area contributed by atoms with Crippen molar-refractivity contribution < 1.29 is 24.0 Å². The number of hydrogen-bond donors (Lipinski definition) is 0. The number of ketones is 3. The second kappa shape index (κ2) is 9.34. The summed E-state index contributed by atoms with van der Waals surface area (Å²) in [7, 11) is 1.53. The third kappa shape index (κ3) is 3.38. The molecule has 42 heavy (non-hydrogen) atoms. The minimum atomic E-state index is -1.67. The maximum Gasteiger partial charge on any atom is 0.270 e. The van der Waals surface area contributed by atoms with Crippen molar-refractivity contribution in [3.8, 4) is 5.75 Å². The molecule has 206 valence electrons. The average molecular weight is 557 g/mol. The van der Waals surface area contributed by atoms with Crippen molar-refractivity contribution in [2.45, 2.75) is 18.0 Å². The Hall–Kier alpha value is -5.37. The van der Waals surface area contributed by atoms with Gasteiger partial charge in [-0.15, -0.1) is 0 Å². The molecule has 8 nitrogen and oxygen atoms in total. The fraction of sp³-hybridized carbons (Fsp3) is 0.147. The molecule has 4 aromatic rings. The van der Waals surface area contributed by atoms with E-state index in [9.17, 15) is 24.5 Å². The van der Waals surface area contributed by atoms with E-state index in [4.69, 9.17) is 4.74 Å². The van der Waals surface area contributed by atoms with Gasteiger partial charge in [0, 0.05) is 40.4 Å². The number of rotatable bonds is 5. The first-order chi connectivity index (χ1) is 20.4. The fourth-order valence-corrected chi connectivity index (χ4v) is 7.07. The molecule has 1 aliphatic carbocycles. The van der Waals surface area contributed by atoms with Crippen molar-refractivity contribution >= 4 is 34.8 Å². The Morgan fingerprint density at radius 3 is 2.29 bits per heavy atom. The summed E-state index contributed by atoms with van der Waals surface area (Å²) in [5.41, 5.74) is 1.02. The number of Topliss-reactive ketones (excluding diaryl/α,β-unsaturated/α-hetero) is 3. The second-order valence-electron chi connectivity index (χ2n) is 10.7. The van der Waals surface area contributed by atoms with Crippen molar-refractivity contribution in [2.24, 2.45) is 5.41 Å². The molecule has 0 bridgehead atoms.